The van der Waals surface area contributed by atoms with Gasteiger partial charge in [0.1, 0.15) is 0 Å². The Labute approximate surface area is 160 Å². The van der Waals surface area contributed by atoms with Crippen LogP contribution in [0.3, 0.4) is 0 Å². The molecular weight excluding hydrogens is 323 g/mol. The van der Waals surface area contributed by atoms with Crippen molar-refractivity contribution in [3.63, 3.8) is 0 Å². The van der Waals surface area contributed by atoms with Crippen LogP contribution in [0.25, 0.3) is 0 Å². The Morgan fingerprint density at radius 2 is 1.77 bits per heavy atom. The maximum atomic E-state index is 13.8. The van der Waals surface area contributed by atoms with E-state index in [4.69, 9.17) is 11.2 Å². The summed E-state index contributed by atoms with van der Waals surface area (Å²) in [7, 11) is 0. The van der Waals surface area contributed by atoms with Gasteiger partial charge in [-0.3, -0.25) is 0 Å². The second-order valence-electron chi connectivity index (χ2n) is 7.58. The first-order valence-electron chi connectivity index (χ1n) is 10.4. The van der Waals surface area contributed by atoms with Crippen molar-refractivity contribution in [3.05, 3.63) is 29.6 Å². The summed E-state index contributed by atoms with van der Waals surface area (Å²) < 4.78 is 19.5. The van der Waals surface area contributed by atoms with Gasteiger partial charge in [0.2, 0.25) is 0 Å². The van der Waals surface area contributed by atoms with E-state index in [0.29, 0.717) is 24.2 Å². The van der Waals surface area contributed by atoms with Gasteiger partial charge in [0.15, 0.2) is 11.6 Å². The predicted molar refractivity (Wildman–Crippen MR) is 110 cm³/mol. The summed E-state index contributed by atoms with van der Waals surface area (Å²) in [4.78, 5) is 0. The Balaban J connectivity index is 2.36. The molecular formula is C24H37FO. The summed E-state index contributed by atoms with van der Waals surface area (Å²) in [6.07, 6.45) is 17.6. The number of terminal acetylenes is 1. The number of hydrogen-bond donors (Lipinski definition) is 0. The lowest BCUT2D eigenvalue weighted by Crippen LogP contribution is -2.13. The Bertz CT molecular complexity index is 511. The smallest absolute Gasteiger partial charge is 0.165 e. The summed E-state index contributed by atoms with van der Waals surface area (Å²) in [5.41, 5.74) is 0.856. The minimum atomic E-state index is -0.269. The highest BCUT2D eigenvalue weighted by atomic mass is 19.1. The van der Waals surface area contributed by atoms with Crippen molar-refractivity contribution in [2.24, 2.45) is 11.8 Å². The van der Waals surface area contributed by atoms with Gasteiger partial charge in [0.05, 0.1) is 6.61 Å². The molecule has 1 aromatic carbocycles. The molecule has 1 nitrogen and oxygen atoms in total. The normalized spacial score (nSPS) is 13.2. The lowest BCUT2D eigenvalue weighted by atomic mass is 9.83. The zero-order chi connectivity index (χ0) is 19.2. The van der Waals surface area contributed by atoms with Crippen LogP contribution in [0, 0.1) is 36.9 Å². The average molecular weight is 361 g/mol. The highest BCUT2D eigenvalue weighted by Gasteiger charge is 2.16. The molecule has 146 valence electrons. The zero-order valence-electron chi connectivity index (χ0n) is 17.0. The van der Waals surface area contributed by atoms with E-state index in [1.807, 2.05) is 13.0 Å². The first-order chi connectivity index (χ1) is 12.6. The van der Waals surface area contributed by atoms with Crippen molar-refractivity contribution in [1.82, 2.24) is 0 Å². The second kappa shape index (κ2) is 13.7. The summed E-state index contributed by atoms with van der Waals surface area (Å²) in [5.74, 6) is 4.14. The van der Waals surface area contributed by atoms with Crippen LogP contribution in [0.5, 0.6) is 5.75 Å². The van der Waals surface area contributed by atoms with Crippen molar-refractivity contribution in [1.29, 1.82) is 0 Å². The number of hydrogen-bond acceptors (Lipinski definition) is 1. The molecule has 0 saturated carbocycles. The van der Waals surface area contributed by atoms with Crippen LogP contribution in [0.2, 0.25) is 0 Å². The molecule has 0 aliphatic heterocycles. The lowest BCUT2D eigenvalue weighted by molar-refractivity contribution is 0.248. The van der Waals surface area contributed by atoms with Gasteiger partial charge in [-0.1, -0.05) is 70.9 Å². The first-order valence-corrected chi connectivity index (χ1v) is 10.4. The number of unbranched alkanes of at least 4 members (excludes halogenated alkanes) is 5. The number of aryl methyl sites for hydroxylation is 1. The van der Waals surface area contributed by atoms with Gasteiger partial charge in [-0.25, -0.2) is 4.39 Å². The largest absolute Gasteiger partial charge is 0.490 e. The minimum absolute atomic E-state index is 0.269. The Morgan fingerprint density at radius 3 is 2.46 bits per heavy atom. The van der Waals surface area contributed by atoms with Gasteiger partial charge < -0.3 is 4.74 Å². The fourth-order valence-corrected chi connectivity index (χ4v) is 3.57. The zero-order valence-corrected chi connectivity index (χ0v) is 17.0. The van der Waals surface area contributed by atoms with E-state index < -0.39 is 0 Å². The molecule has 0 aliphatic carbocycles. The van der Waals surface area contributed by atoms with E-state index in [9.17, 15) is 4.39 Å². The molecule has 0 aliphatic rings. The van der Waals surface area contributed by atoms with E-state index in [0.717, 1.165) is 24.8 Å². The molecule has 0 aromatic heterocycles. The third kappa shape index (κ3) is 8.75. The quantitative estimate of drug-likeness (QED) is 0.249. The fourth-order valence-electron chi connectivity index (χ4n) is 3.57. The van der Waals surface area contributed by atoms with Gasteiger partial charge in [0, 0.05) is 6.42 Å². The molecule has 0 bridgehead atoms. The van der Waals surface area contributed by atoms with Crippen LogP contribution in [0.1, 0.15) is 83.6 Å². The van der Waals surface area contributed by atoms with Crippen molar-refractivity contribution in [3.8, 4) is 18.1 Å². The van der Waals surface area contributed by atoms with Crippen LogP contribution in [-0.2, 0) is 0 Å². The van der Waals surface area contributed by atoms with Crippen molar-refractivity contribution < 1.29 is 9.13 Å². The van der Waals surface area contributed by atoms with Crippen LogP contribution >= 0.6 is 0 Å². The molecule has 1 aromatic rings. The SMILES string of the molecule is C#CCC(C)C(CCCCCCCC)CCCOc1c(C)cccc1F. The van der Waals surface area contributed by atoms with Crippen molar-refractivity contribution in [2.75, 3.05) is 6.61 Å². The van der Waals surface area contributed by atoms with E-state index in [2.05, 4.69) is 19.8 Å². The van der Waals surface area contributed by atoms with Gasteiger partial charge >= 0.3 is 0 Å². The fraction of sp³-hybridized carbons (Fsp3) is 0.667. The molecule has 2 unspecified atom stereocenters. The third-order valence-electron chi connectivity index (χ3n) is 5.30. The first kappa shape index (κ1) is 22.6. The van der Waals surface area contributed by atoms with Gasteiger partial charge in [-0.2, -0.15) is 0 Å². The minimum Gasteiger partial charge on any atom is -0.490 e. The second-order valence-corrected chi connectivity index (χ2v) is 7.58. The molecule has 26 heavy (non-hydrogen) atoms. The standard InChI is InChI=1S/C24H37FO/c1-5-7-8-9-10-11-16-22(20(3)14-6-2)17-13-19-26-24-21(4)15-12-18-23(24)25/h2,12,15,18,20,22H,5,7-11,13-14,16-17,19H2,1,3-4H3. The topological polar surface area (TPSA) is 9.23 Å². The highest BCUT2D eigenvalue weighted by molar-refractivity contribution is 5.33. The average Bonchev–Trinajstić information content (AvgIpc) is 2.61. The summed E-state index contributed by atoms with van der Waals surface area (Å²) in [6.45, 7) is 6.97. The van der Waals surface area contributed by atoms with Crippen LogP contribution in [-0.4, -0.2) is 6.61 Å². The number of halogens is 1. The molecule has 1 rings (SSSR count). The van der Waals surface area contributed by atoms with Gasteiger partial charge in [-0.15, -0.1) is 12.3 Å². The van der Waals surface area contributed by atoms with Crippen LogP contribution < -0.4 is 4.74 Å². The molecule has 2 heteroatoms. The summed E-state index contributed by atoms with van der Waals surface area (Å²) in [5, 5.41) is 0. The van der Waals surface area contributed by atoms with Crippen molar-refractivity contribution >= 4 is 0 Å². The Morgan fingerprint density at radius 1 is 1.08 bits per heavy atom. The maximum Gasteiger partial charge on any atom is 0.165 e. The van der Waals surface area contributed by atoms with Crippen molar-refractivity contribution in [2.45, 2.75) is 85.0 Å². The van der Waals surface area contributed by atoms with E-state index in [1.54, 1.807) is 6.07 Å². The monoisotopic (exact) mass is 360 g/mol. The predicted octanol–water partition coefficient (Wildman–Crippen LogP) is 7.32. The number of para-hydroxylation sites is 1. The molecule has 0 fully saturated rings. The molecule has 2 atom stereocenters. The van der Waals surface area contributed by atoms with E-state index in [1.165, 1.54) is 51.0 Å². The molecule has 0 amide bonds. The summed E-state index contributed by atoms with van der Waals surface area (Å²) in [6, 6.07) is 5.06. The molecule has 0 spiro atoms. The van der Waals surface area contributed by atoms with Crippen LogP contribution in [0.4, 0.5) is 4.39 Å². The highest BCUT2D eigenvalue weighted by Crippen LogP contribution is 2.27. The number of rotatable bonds is 14. The van der Waals surface area contributed by atoms with Gasteiger partial charge in [0.25, 0.3) is 0 Å². The van der Waals surface area contributed by atoms with E-state index >= 15 is 0 Å². The molecule has 0 heterocycles. The maximum absolute atomic E-state index is 13.8. The summed E-state index contributed by atoms with van der Waals surface area (Å²) >= 11 is 0. The van der Waals surface area contributed by atoms with Gasteiger partial charge in [-0.05, 0) is 43.2 Å². The molecule has 0 N–H and O–H groups in total. The third-order valence-corrected chi connectivity index (χ3v) is 5.30. The van der Waals surface area contributed by atoms with E-state index in [-0.39, 0.29) is 5.82 Å². The molecule has 0 radical (unpaired) electrons. The lowest BCUT2D eigenvalue weighted by Gasteiger charge is -2.23. The van der Waals surface area contributed by atoms with Crippen LogP contribution in [0.15, 0.2) is 18.2 Å². The number of benzene rings is 1. The Hall–Kier alpha value is -1.49. The Kier molecular flexibility index (Phi) is 11.9. The molecule has 0 saturated heterocycles. The number of ether oxygens (including phenoxy) is 1.